The fourth-order valence-electron chi connectivity index (χ4n) is 3.39. The van der Waals surface area contributed by atoms with Crippen molar-refractivity contribution in [1.29, 1.82) is 0 Å². The van der Waals surface area contributed by atoms with E-state index in [2.05, 4.69) is 49.3 Å². The van der Waals surface area contributed by atoms with Gasteiger partial charge in [-0.2, -0.15) is 0 Å². The minimum absolute atomic E-state index is 0.0885. The van der Waals surface area contributed by atoms with Gasteiger partial charge in [-0.3, -0.25) is 0 Å². The molecule has 3 atom stereocenters. The molecule has 1 aromatic rings. The summed E-state index contributed by atoms with van der Waals surface area (Å²) in [6.07, 6.45) is 9.43. The fraction of sp³-hybridized carbons (Fsp3) is 0.500. The Hall–Kier alpha value is -1.98. The first-order chi connectivity index (χ1) is 16.3. The Morgan fingerprint density at radius 3 is 2.68 bits per heavy atom. The van der Waals surface area contributed by atoms with E-state index in [1.54, 1.807) is 7.11 Å². The minimum atomic E-state index is -1.46. The Balaban J connectivity index is 2.20. The van der Waals surface area contributed by atoms with Gasteiger partial charge in [0, 0.05) is 18.6 Å². The molecule has 0 amide bonds. The summed E-state index contributed by atoms with van der Waals surface area (Å²) in [4.78, 5) is 0. The molecule has 0 aliphatic carbocycles. The van der Waals surface area contributed by atoms with E-state index in [-0.39, 0.29) is 25.4 Å². The van der Waals surface area contributed by atoms with Crippen LogP contribution in [-0.4, -0.2) is 53.0 Å². The summed E-state index contributed by atoms with van der Waals surface area (Å²) in [5, 5.41) is 9.28. The number of methoxy groups -OCH3 is 1. The summed E-state index contributed by atoms with van der Waals surface area (Å²) >= 11 is 0. The highest BCUT2D eigenvalue weighted by atomic mass is 28.3. The number of hydrogen-bond acceptors (Lipinski definition) is 5. The van der Waals surface area contributed by atoms with Gasteiger partial charge >= 0.3 is 0 Å². The van der Waals surface area contributed by atoms with Crippen molar-refractivity contribution in [2.24, 2.45) is 5.92 Å². The number of rotatable bonds is 11. The molecular formula is C28H40O5Si. The van der Waals surface area contributed by atoms with Crippen molar-refractivity contribution in [2.45, 2.75) is 51.8 Å². The quantitative estimate of drug-likeness (QED) is 0.114. The van der Waals surface area contributed by atoms with E-state index in [0.717, 1.165) is 29.6 Å². The summed E-state index contributed by atoms with van der Waals surface area (Å²) in [6, 6.07) is 10.0. The second kappa shape index (κ2) is 15.1. The lowest BCUT2D eigenvalue weighted by molar-refractivity contribution is -0.229. The van der Waals surface area contributed by atoms with Crippen LogP contribution >= 0.6 is 0 Å². The molecule has 0 aromatic heterocycles. The summed E-state index contributed by atoms with van der Waals surface area (Å²) in [5.74, 6) is 3.42. The Morgan fingerprint density at radius 2 is 2.00 bits per heavy atom. The lowest BCUT2D eigenvalue weighted by atomic mass is 9.94. The van der Waals surface area contributed by atoms with E-state index in [9.17, 15) is 5.11 Å². The molecule has 1 saturated heterocycles. The van der Waals surface area contributed by atoms with E-state index < -0.39 is 14.4 Å². The Labute approximate surface area is 206 Å². The maximum absolute atomic E-state index is 9.28. The van der Waals surface area contributed by atoms with Crippen molar-refractivity contribution in [3.8, 4) is 11.5 Å². The first-order valence-corrected chi connectivity index (χ1v) is 15.4. The van der Waals surface area contributed by atoms with Gasteiger partial charge in [-0.1, -0.05) is 79.7 Å². The van der Waals surface area contributed by atoms with Crippen LogP contribution in [0.1, 0.15) is 31.6 Å². The van der Waals surface area contributed by atoms with Gasteiger partial charge in [0.15, 0.2) is 6.29 Å². The van der Waals surface area contributed by atoms with E-state index in [0.29, 0.717) is 13.2 Å². The molecule has 0 saturated carbocycles. The fourth-order valence-corrected chi connectivity index (χ4v) is 3.89. The predicted octanol–water partition coefficient (Wildman–Crippen LogP) is 5.42. The number of allylic oxidation sites excluding steroid dienone is 2. The van der Waals surface area contributed by atoms with Gasteiger partial charge in [-0.05, 0) is 31.4 Å². The topological polar surface area (TPSA) is 57.2 Å². The van der Waals surface area contributed by atoms with Crippen molar-refractivity contribution >= 4 is 8.07 Å². The molecule has 1 fully saturated rings. The van der Waals surface area contributed by atoms with Crippen LogP contribution < -0.4 is 0 Å². The van der Waals surface area contributed by atoms with Gasteiger partial charge in [0.25, 0.3) is 0 Å². The standard InChI is InChI=1S/C28H40O5Si/c1-23(19-29)11-9-15-26-21-32-28(25-13-7-6-8-14-25)33-27(26)17-16-24(20-31-22-30-2)12-10-18-34(3,4)5/h6-8,11-14,16-17,26-29H,9,15,19-22H2,1-5H3/b17-16+,23-11+,24-12-/t26-,27+,28-/m1/s1. The molecule has 6 heteroatoms. The Kier molecular flexibility index (Phi) is 12.6. The summed E-state index contributed by atoms with van der Waals surface area (Å²) in [7, 11) is 0.150. The first kappa shape index (κ1) is 28.3. The first-order valence-electron chi connectivity index (χ1n) is 11.9. The largest absolute Gasteiger partial charge is 0.392 e. The smallest absolute Gasteiger partial charge is 0.184 e. The van der Waals surface area contributed by atoms with E-state index in [1.165, 1.54) is 0 Å². The highest BCUT2D eigenvalue weighted by Crippen LogP contribution is 2.32. The normalized spacial score (nSPS) is 22.0. The van der Waals surface area contributed by atoms with E-state index in [1.807, 2.05) is 43.3 Å². The van der Waals surface area contributed by atoms with Gasteiger partial charge in [0.05, 0.1) is 25.9 Å². The Bertz CT molecular complexity index is 874. The summed E-state index contributed by atoms with van der Waals surface area (Å²) < 4.78 is 23.1. The molecule has 186 valence electrons. The molecular weight excluding hydrogens is 444 g/mol. The highest BCUT2D eigenvalue weighted by molar-refractivity contribution is 6.83. The van der Waals surface area contributed by atoms with Gasteiger partial charge in [0.1, 0.15) is 14.9 Å². The van der Waals surface area contributed by atoms with Crippen molar-refractivity contribution < 1.29 is 24.1 Å². The third-order valence-corrected chi connectivity index (χ3v) is 6.13. The van der Waals surface area contributed by atoms with Gasteiger partial charge in [-0.15, -0.1) is 5.54 Å². The third-order valence-electron chi connectivity index (χ3n) is 5.23. The molecule has 0 unspecified atom stereocenters. The minimum Gasteiger partial charge on any atom is -0.392 e. The lowest BCUT2D eigenvalue weighted by Gasteiger charge is -2.35. The highest BCUT2D eigenvalue weighted by Gasteiger charge is 2.30. The third kappa shape index (κ3) is 11.0. The molecule has 1 aromatic carbocycles. The SMILES string of the molecule is COCOCC(=C\C#C[Si](C)(C)C)/C=C/[C@@H]1O[C@H](c2ccccc2)OC[C@H]1CC/C=C(\C)CO. The van der Waals surface area contributed by atoms with Crippen LogP contribution in [0.3, 0.4) is 0 Å². The van der Waals surface area contributed by atoms with Crippen LogP contribution in [0.4, 0.5) is 0 Å². The lowest BCUT2D eigenvalue weighted by Crippen LogP contribution is -2.35. The molecule has 1 aliphatic rings. The monoisotopic (exact) mass is 484 g/mol. The van der Waals surface area contributed by atoms with Crippen LogP contribution in [-0.2, 0) is 18.9 Å². The van der Waals surface area contributed by atoms with Gasteiger partial charge < -0.3 is 24.1 Å². The average Bonchev–Trinajstić information content (AvgIpc) is 2.82. The molecule has 1 heterocycles. The number of ether oxygens (including phenoxy) is 4. The maximum atomic E-state index is 9.28. The molecule has 0 spiro atoms. The molecule has 5 nitrogen and oxygen atoms in total. The number of aliphatic hydroxyl groups is 1. The van der Waals surface area contributed by atoms with Gasteiger partial charge in [-0.25, -0.2) is 0 Å². The maximum Gasteiger partial charge on any atom is 0.184 e. The zero-order valence-electron chi connectivity index (χ0n) is 21.3. The van der Waals surface area contributed by atoms with Crippen molar-refractivity contribution in [3.63, 3.8) is 0 Å². The van der Waals surface area contributed by atoms with Gasteiger partial charge in [0.2, 0.25) is 0 Å². The number of hydrogen-bond donors (Lipinski definition) is 1. The van der Waals surface area contributed by atoms with Crippen LogP contribution in [0, 0.1) is 17.4 Å². The summed E-state index contributed by atoms with van der Waals surface area (Å²) in [6.45, 7) is 9.95. The molecule has 0 bridgehead atoms. The van der Waals surface area contributed by atoms with Crippen LogP contribution in [0.2, 0.25) is 19.6 Å². The molecule has 1 N–H and O–H groups in total. The number of benzene rings is 1. The molecule has 0 radical (unpaired) electrons. The predicted molar refractivity (Wildman–Crippen MR) is 140 cm³/mol. The zero-order chi connectivity index (χ0) is 24.8. The molecule has 1 aliphatic heterocycles. The van der Waals surface area contributed by atoms with E-state index in [4.69, 9.17) is 18.9 Å². The second-order valence-electron chi connectivity index (χ2n) is 9.58. The number of aliphatic hydroxyl groups excluding tert-OH is 1. The second-order valence-corrected chi connectivity index (χ2v) is 14.3. The van der Waals surface area contributed by atoms with Crippen molar-refractivity contribution in [1.82, 2.24) is 0 Å². The average molecular weight is 485 g/mol. The molecule has 34 heavy (non-hydrogen) atoms. The van der Waals surface area contributed by atoms with Crippen LogP contribution in [0.15, 0.2) is 65.8 Å². The zero-order valence-corrected chi connectivity index (χ0v) is 22.3. The van der Waals surface area contributed by atoms with Crippen molar-refractivity contribution in [2.75, 3.05) is 33.7 Å². The van der Waals surface area contributed by atoms with Crippen molar-refractivity contribution in [3.05, 3.63) is 71.3 Å². The van der Waals surface area contributed by atoms with E-state index >= 15 is 0 Å². The van der Waals surface area contributed by atoms with Crippen LogP contribution in [0.5, 0.6) is 0 Å². The summed E-state index contributed by atoms with van der Waals surface area (Å²) in [5.41, 5.74) is 6.34. The molecule has 2 rings (SSSR count). The Morgan fingerprint density at radius 1 is 1.24 bits per heavy atom. The van der Waals surface area contributed by atoms with Crippen LogP contribution in [0.25, 0.3) is 0 Å².